The van der Waals surface area contributed by atoms with Crippen LogP contribution >= 0.6 is 12.2 Å². The maximum absolute atomic E-state index is 10.7. The number of hydrogen-bond acceptors (Lipinski definition) is 4. The molecule has 0 unspecified atom stereocenters. The second-order valence-electron chi connectivity index (χ2n) is 3.39. The van der Waals surface area contributed by atoms with Gasteiger partial charge in [0.2, 0.25) is 5.91 Å². The summed E-state index contributed by atoms with van der Waals surface area (Å²) in [5, 5.41) is 15.9. The van der Waals surface area contributed by atoms with E-state index in [1.165, 1.54) is 13.0 Å². The topological polar surface area (TPSA) is 84.3 Å². The van der Waals surface area contributed by atoms with Crippen LogP contribution in [0.5, 0.6) is 0 Å². The molecular weight excluding hydrogens is 242 g/mol. The molecule has 0 aliphatic carbocycles. The molecule has 0 fully saturated rings. The second-order valence-corrected chi connectivity index (χ2v) is 3.80. The zero-order chi connectivity index (χ0) is 13.0. The van der Waals surface area contributed by atoms with Gasteiger partial charge in [-0.3, -0.25) is 14.9 Å². The molecule has 0 spiro atoms. The average molecular weight is 253 g/mol. The van der Waals surface area contributed by atoms with Crippen molar-refractivity contribution in [1.82, 2.24) is 5.32 Å². The Balaban J connectivity index is 2.86. The molecule has 1 rings (SSSR count). The highest BCUT2D eigenvalue weighted by Gasteiger charge is 2.11. The SMILES string of the molecule is CC(=O)NC(=S)Nc1ccc(C)c([N+](=O)[O-])c1. The van der Waals surface area contributed by atoms with Gasteiger partial charge < -0.3 is 10.6 Å². The average Bonchev–Trinajstić information content (AvgIpc) is 2.19. The minimum absolute atomic E-state index is 0.000579. The smallest absolute Gasteiger partial charge is 0.274 e. The number of hydrogen-bond donors (Lipinski definition) is 2. The van der Waals surface area contributed by atoms with Crippen LogP contribution in [0.15, 0.2) is 18.2 Å². The van der Waals surface area contributed by atoms with Crippen LogP contribution < -0.4 is 10.6 Å². The van der Waals surface area contributed by atoms with Crippen LogP contribution in [-0.4, -0.2) is 15.9 Å². The number of nitrogens with one attached hydrogen (secondary N) is 2. The van der Waals surface area contributed by atoms with E-state index in [4.69, 9.17) is 12.2 Å². The Morgan fingerprint density at radius 2 is 2.12 bits per heavy atom. The van der Waals surface area contributed by atoms with Gasteiger partial charge in [-0.15, -0.1) is 0 Å². The number of carbonyl (C=O) groups excluding carboxylic acids is 1. The first-order chi connectivity index (χ1) is 7.90. The van der Waals surface area contributed by atoms with Crippen LogP contribution in [0.2, 0.25) is 0 Å². The zero-order valence-electron chi connectivity index (χ0n) is 9.31. The maximum Gasteiger partial charge on any atom is 0.274 e. The number of carbonyl (C=O) groups is 1. The highest BCUT2D eigenvalue weighted by molar-refractivity contribution is 7.80. The number of amides is 1. The van der Waals surface area contributed by atoms with Gasteiger partial charge in [-0.25, -0.2) is 0 Å². The highest BCUT2D eigenvalue weighted by atomic mass is 32.1. The van der Waals surface area contributed by atoms with E-state index >= 15 is 0 Å². The third-order valence-corrected chi connectivity index (χ3v) is 2.16. The lowest BCUT2D eigenvalue weighted by Gasteiger charge is -2.08. The van der Waals surface area contributed by atoms with Gasteiger partial charge in [-0.05, 0) is 25.2 Å². The summed E-state index contributed by atoms with van der Waals surface area (Å²) in [6, 6.07) is 4.62. The van der Waals surface area contributed by atoms with Crippen molar-refractivity contribution in [3.63, 3.8) is 0 Å². The lowest BCUT2D eigenvalue weighted by atomic mass is 10.2. The number of aryl methyl sites for hydroxylation is 1. The van der Waals surface area contributed by atoms with E-state index in [1.54, 1.807) is 19.1 Å². The van der Waals surface area contributed by atoms with E-state index in [-0.39, 0.29) is 16.7 Å². The molecule has 0 saturated carbocycles. The Hall–Kier alpha value is -2.02. The summed E-state index contributed by atoms with van der Waals surface area (Å²) in [5.74, 6) is -0.302. The Kier molecular flexibility index (Phi) is 4.11. The zero-order valence-corrected chi connectivity index (χ0v) is 10.1. The van der Waals surface area contributed by atoms with E-state index in [0.717, 1.165) is 0 Å². The molecule has 1 amide bonds. The fourth-order valence-electron chi connectivity index (χ4n) is 1.21. The fourth-order valence-corrected chi connectivity index (χ4v) is 1.47. The first kappa shape index (κ1) is 13.0. The Bertz CT molecular complexity index is 488. The minimum atomic E-state index is -0.470. The largest absolute Gasteiger partial charge is 0.332 e. The highest BCUT2D eigenvalue weighted by Crippen LogP contribution is 2.22. The molecule has 0 radical (unpaired) electrons. The van der Waals surface area contributed by atoms with Crippen LogP contribution in [0.1, 0.15) is 12.5 Å². The Morgan fingerprint density at radius 1 is 1.47 bits per heavy atom. The molecule has 17 heavy (non-hydrogen) atoms. The van der Waals surface area contributed by atoms with E-state index in [1.807, 2.05) is 0 Å². The molecule has 1 aromatic carbocycles. The number of rotatable bonds is 2. The molecule has 2 N–H and O–H groups in total. The molecule has 0 aliphatic heterocycles. The molecule has 0 aromatic heterocycles. The lowest BCUT2D eigenvalue weighted by Crippen LogP contribution is -2.32. The second kappa shape index (κ2) is 5.35. The van der Waals surface area contributed by atoms with Crippen molar-refractivity contribution < 1.29 is 9.72 Å². The Labute approximate surface area is 103 Å². The quantitative estimate of drug-likeness (QED) is 0.476. The van der Waals surface area contributed by atoms with Crippen LogP contribution in [0, 0.1) is 17.0 Å². The normalized spacial score (nSPS) is 9.53. The summed E-state index contributed by atoms with van der Waals surface area (Å²) in [4.78, 5) is 21.0. The van der Waals surface area contributed by atoms with Crippen molar-refractivity contribution in [3.8, 4) is 0 Å². The fraction of sp³-hybridized carbons (Fsp3) is 0.200. The maximum atomic E-state index is 10.7. The van der Waals surface area contributed by atoms with Gasteiger partial charge in [-0.1, -0.05) is 6.07 Å². The van der Waals surface area contributed by atoms with Crippen molar-refractivity contribution in [1.29, 1.82) is 0 Å². The first-order valence-electron chi connectivity index (χ1n) is 4.74. The predicted octanol–water partition coefficient (Wildman–Crippen LogP) is 1.74. The number of nitrogens with zero attached hydrogens (tertiary/aromatic N) is 1. The number of anilines is 1. The molecule has 0 saturated heterocycles. The summed E-state index contributed by atoms with van der Waals surface area (Å²) in [5.41, 5.74) is 1.02. The number of benzene rings is 1. The summed E-state index contributed by atoms with van der Waals surface area (Å²) >= 11 is 4.84. The van der Waals surface area contributed by atoms with Crippen LogP contribution in [0.3, 0.4) is 0 Å². The molecule has 6 nitrogen and oxygen atoms in total. The van der Waals surface area contributed by atoms with Gasteiger partial charge >= 0.3 is 0 Å². The van der Waals surface area contributed by atoms with Gasteiger partial charge in [0.1, 0.15) is 0 Å². The van der Waals surface area contributed by atoms with Crippen LogP contribution in [0.4, 0.5) is 11.4 Å². The van der Waals surface area contributed by atoms with Gasteiger partial charge in [0.25, 0.3) is 5.69 Å². The third-order valence-electron chi connectivity index (χ3n) is 1.95. The van der Waals surface area contributed by atoms with E-state index in [2.05, 4.69) is 10.6 Å². The molecule has 0 atom stereocenters. The van der Waals surface area contributed by atoms with E-state index < -0.39 is 4.92 Å². The van der Waals surface area contributed by atoms with Crippen molar-refractivity contribution >= 4 is 34.6 Å². The lowest BCUT2D eigenvalue weighted by molar-refractivity contribution is -0.385. The third kappa shape index (κ3) is 3.80. The van der Waals surface area contributed by atoms with E-state index in [9.17, 15) is 14.9 Å². The molecule has 1 aromatic rings. The van der Waals surface area contributed by atoms with Crippen LogP contribution in [-0.2, 0) is 4.79 Å². The summed E-state index contributed by atoms with van der Waals surface area (Å²) in [7, 11) is 0. The summed E-state index contributed by atoms with van der Waals surface area (Å²) in [6.07, 6.45) is 0. The molecule has 0 aliphatic rings. The van der Waals surface area contributed by atoms with Gasteiger partial charge in [0.15, 0.2) is 5.11 Å². The molecule has 7 heteroatoms. The molecule has 0 bridgehead atoms. The molecular formula is C10H11N3O3S. The van der Waals surface area contributed by atoms with Crippen molar-refractivity contribution in [2.75, 3.05) is 5.32 Å². The van der Waals surface area contributed by atoms with E-state index in [0.29, 0.717) is 11.3 Å². The first-order valence-corrected chi connectivity index (χ1v) is 5.14. The Morgan fingerprint density at radius 3 is 2.65 bits per heavy atom. The summed E-state index contributed by atoms with van der Waals surface area (Å²) < 4.78 is 0. The van der Waals surface area contributed by atoms with Gasteiger partial charge in [0, 0.05) is 24.2 Å². The van der Waals surface area contributed by atoms with Gasteiger partial charge in [0.05, 0.1) is 4.92 Å². The number of nitro groups is 1. The molecule has 90 valence electrons. The minimum Gasteiger partial charge on any atom is -0.332 e. The summed E-state index contributed by atoms with van der Waals surface area (Å²) in [6.45, 7) is 2.97. The van der Waals surface area contributed by atoms with Crippen molar-refractivity contribution in [2.24, 2.45) is 0 Å². The van der Waals surface area contributed by atoms with Gasteiger partial charge in [-0.2, -0.15) is 0 Å². The van der Waals surface area contributed by atoms with Crippen molar-refractivity contribution in [2.45, 2.75) is 13.8 Å². The van der Waals surface area contributed by atoms with Crippen LogP contribution in [0.25, 0.3) is 0 Å². The number of nitro benzene ring substituents is 1. The van der Waals surface area contributed by atoms with Crippen molar-refractivity contribution in [3.05, 3.63) is 33.9 Å². The predicted molar refractivity (Wildman–Crippen MR) is 67.9 cm³/mol. The standard InChI is InChI=1S/C10H11N3O3S/c1-6-3-4-8(5-9(6)13(15)16)12-10(17)11-7(2)14/h3-5H,1-2H3,(H2,11,12,14,17). The molecule has 0 heterocycles. The monoisotopic (exact) mass is 253 g/mol. The number of thiocarbonyl (C=S) groups is 1.